The lowest BCUT2D eigenvalue weighted by atomic mass is 10.0. The van der Waals surface area contributed by atoms with Crippen molar-refractivity contribution in [2.24, 2.45) is 7.05 Å². The molecule has 0 spiro atoms. The van der Waals surface area contributed by atoms with Gasteiger partial charge in [0.2, 0.25) is 0 Å². The fourth-order valence-corrected chi connectivity index (χ4v) is 4.89. The van der Waals surface area contributed by atoms with Crippen molar-refractivity contribution in [1.29, 1.82) is 5.26 Å². The highest BCUT2D eigenvalue weighted by molar-refractivity contribution is 7.17. The van der Waals surface area contributed by atoms with E-state index >= 15 is 0 Å². The first-order valence-corrected chi connectivity index (χ1v) is 11.3. The van der Waals surface area contributed by atoms with E-state index in [0.717, 1.165) is 0 Å². The van der Waals surface area contributed by atoms with Crippen molar-refractivity contribution in [2.45, 2.75) is 25.5 Å². The van der Waals surface area contributed by atoms with Gasteiger partial charge >= 0.3 is 5.97 Å². The van der Waals surface area contributed by atoms with Crippen LogP contribution in [0.25, 0.3) is 11.5 Å². The number of piperidine rings is 1. The highest BCUT2D eigenvalue weighted by Crippen LogP contribution is 2.34. The number of hydrogen-bond donors (Lipinski definition) is 2. The Morgan fingerprint density at radius 3 is 2.79 bits per heavy atom. The van der Waals surface area contributed by atoms with E-state index in [1.807, 2.05) is 4.90 Å². The zero-order valence-corrected chi connectivity index (χ0v) is 20.0. The highest BCUT2D eigenvalue weighted by Gasteiger charge is 2.34. The van der Waals surface area contributed by atoms with E-state index < -0.39 is 5.97 Å². The van der Waals surface area contributed by atoms with Gasteiger partial charge in [0.1, 0.15) is 28.7 Å². The first-order valence-electron chi connectivity index (χ1n) is 10.5. The van der Waals surface area contributed by atoms with Crippen LogP contribution in [0.15, 0.2) is 12.4 Å². The highest BCUT2D eigenvalue weighted by atomic mass is 32.1. The van der Waals surface area contributed by atoms with Crippen LogP contribution in [0, 0.1) is 18.3 Å². The Kier molecular flexibility index (Phi) is 6.62. The molecule has 0 radical (unpaired) electrons. The number of nitrogens with zero attached hydrogens (tertiary/aromatic N) is 6. The molecule has 2 N–H and O–H groups in total. The number of aryl methyl sites for hydroxylation is 2. The van der Waals surface area contributed by atoms with Gasteiger partial charge < -0.3 is 24.7 Å². The monoisotopic (exact) mass is 484 g/mol. The summed E-state index contributed by atoms with van der Waals surface area (Å²) in [5.74, 6) is -0.326. The second-order valence-electron chi connectivity index (χ2n) is 7.80. The number of esters is 1. The summed E-state index contributed by atoms with van der Waals surface area (Å²) >= 11 is 1.22. The first-order chi connectivity index (χ1) is 16.4. The van der Waals surface area contributed by atoms with Gasteiger partial charge in [0.25, 0.3) is 5.91 Å². The Labute approximate surface area is 199 Å². The lowest BCUT2D eigenvalue weighted by Crippen LogP contribution is -2.55. The number of H-pyrrole nitrogens is 1. The van der Waals surface area contributed by atoms with Gasteiger partial charge in [0, 0.05) is 32.9 Å². The number of amides is 1. The Hall–Kier alpha value is -3.76. The van der Waals surface area contributed by atoms with Crippen LogP contribution in [0.4, 0.5) is 5.13 Å². The summed E-state index contributed by atoms with van der Waals surface area (Å²) in [5.41, 5.74) is 1.83. The Morgan fingerprint density at radius 2 is 2.18 bits per heavy atom. The number of rotatable bonds is 6. The third-order valence-corrected chi connectivity index (χ3v) is 6.83. The van der Waals surface area contributed by atoms with Crippen molar-refractivity contribution >= 4 is 28.3 Å². The van der Waals surface area contributed by atoms with Gasteiger partial charge in [0.05, 0.1) is 24.8 Å². The number of hydrogen-bond acceptors (Lipinski definition) is 10. The molecule has 34 heavy (non-hydrogen) atoms. The molecule has 178 valence electrons. The first kappa shape index (κ1) is 23.4. The second kappa shape index (κ2) is 9.62. The molecule has 1 amide bonds. The lowest BCUT2D eigenvalue weighted by Gasteiger charge is -2.37. The molecule has 12 nitrogen and oxygen atoms in total. The van der Waals surface area contributed by atoms with Crippen molar-refractivity contribution in [1.82, 2.24) is 30.0 Å². The van der Waals surface area contributed by atoms with Gasteiger partial charge in [0.15, 0.2) is 11.0 Å². The number of anilines is 1. The molecule has 13 heteroatoms. The average Bonchev–Trinajstić information content (AvgIpc) is 3.56. The smallest absolute Gasteiger partial charge is 0.350 e. The van der Waals surface area contributed by atoms with Crippen molar-refractivity contribution in [3.05, 3.63) is 34.2 Å². The van der Waals surface area contributed by atoms with Gasteiger partial charge in [-0.05, 0) is 19.4 Å². The average molecular weight is 485 g/mol. The maximum absolute atomic E-state index is 12.7. The van der Waals surface area contributed by atoms with Crippen LogP contribution in [-0.4, -0.2) is 76.1 Å². The number of methoxy groups -OCH3 is 2. The van der Waals surface area contributed by atoms with E-state index in [0.29, 0.717) is 58.0 Å². The molecule has 1 aliphatic rings. The molecule has 1 saturated heterocycles. The summed E-state index contributed by atoms with van der Waals surface area (Å²) in [7, 11) is 4.64. The Bertz CT molecular complexity index is 1260. The molecule has 4 rings (SSSR count). The predicted molar refractivity (Wildman–Crippen MR) is 123 cm³/mol. The zero-order chi connectivity index (χ0) is 24.4. The minimum atomic E-state index is -0.495. The maximum Gasteiger partial charge on any atom is 0.350 e. The predicted octanol–water partition coefficient (Wildman–Crippen LogP) is 1.26. The summed E-state index contributed by atoms with van der Waals surface area (Å²) in [6.07, 6.45) is 1.69. The summed E-state index contributed by atoms with van der Waals surface area (Å²) in [6, 6.07) is 3.37. The number of nitrogens with one attached hydrogen (secondary N) is 2. The van der Waals surface area contributed by atoms with Crippen LogP contribution in [0.3, 0.4) is 0 Å². The van der Waals surface area contributed by atoms with Crippen molar-refractivity contribution in [2.75, 3.05) is 32.2 Å². The molecule has 0 aliphatic carbocycles. The van der Waals surface area contributed by atoms with Crippen molar-refractivity contribution in [3.8, 4) is 17.6 Å². The van der Waals surface area contributed by atoms with E-state index in [1.54, 1.807) is 31.8 Å². The largest absolute Gasteiger partial charge is 0.465 e. The molecule has 0 bridgehead atoms. The number of carbonyl (C=O) groups is 2. The molecule has 1 fully saturated rings. The summed E-state index contributed by atoms with van der Waals surface area (Å²) in [6.45, 7) is 2.79. The topological polar surface area (TPSA) is 151 Å². The minimum absolute atomic E-state index is 0.235. The second-order valence-corrected chi connectivity index (χ2v) is 8.77. The summed E-state index contributed by atoms with van der Waals surface area (Å²) in [4.78, 5) is 39.3. The molecule has 2 atom stereocenters. The van der Waals surface area contributed by atoms with Crippen LogP contribution in [0.1, 0.15) is 37.8 Å². The Morgan fingerprint density at radius 1 is 1.38 bits per heavy atom. The van der Waals surface area contributed by atoms with E-state index in [4.69, 9.17) is 14.7 Å². The van der Waals surface area contributed by atoms with Crippen LogP contribution in [-0.2, 0) is 16.5 Å². The number of carbonyl (C=O) groups excluding carboxylic acids is 2. The lowest BCUT2D eigenvalue weighted by molar-refractivity contribution is 0.0540. The quantitative estimate of drug-likeness (QED) is 0.493. The Balaban J connectivity index is 1.52. The molecule has 1 aliphatic heterocycles. The fourth-order valence-electron chi connectivity index (χ4n) is 3.87. The molecular weight excluding hydrogens is 460 g/mol. The molecule has 0 aromatic carbocycles. The number of aromatic nitrogens is 5. The summed E-state index contributed by atoms with van der Waals surface area (Å²) < 4.78 is 12.2. The molecule has 0 unspecified atom stereocenters. The SMILES string of the molecule is COC(=O)c1sc(N2CC[C@@H](NC(=O)c3cc(C#N)c(C)[nH]3)[C@@H](OC)C2)nc1-c1ncnn1C. The van der Waals surface area contributed by atoms with E-state index in [9.17, 15) is 9.59 Å². The zero-order valence-electron chi connectivity index (χ0n) is 19.2. The molecular formula is C21H24N8O4S. The number of aromatic amines is 1. The van der Waals surface area contributed by atoms with Gasteiger partial charge in [-0.2, -0.15) is 10.4 Å². The standard InChI is InChI=1S/C21H24N8O4S/c1-11-12(8-22)7-14(25-11)19(30)26-13-5-6-29(9-15(13)32-3)21-27-16(17(34-21)20(31)33-4)18-23-10-24-28(18)2/h7,10,13,15,25H,5-6,9H2,1-4H3,(H,26,30)/t13-,15+/m1/s1. The van der Waals surface area contributed by atoms with Crippen LogP contribution in [0.5, 0.6) is 0 Å². The molecule has 4 heterocycles. The van der Waals surface area contributed by atoms with Crippen LogP contribution >= 0.6 is 11.3 Å². The molecule has 3 aromatic rings. The normalized spacial score (nSPS) is 17.9. The van der Waals surface area contributed by atoms with Crippen LogP contribution in [0.2, 0.25) is 0 Å². The minimum Gasteiger partial charge on any atom is -0.465 e. The van der Waals surface area contributed by atoms with Crippen molar-refractivity contribution in [3.63, 3.8) is 0 Å². The molecule has 3 aromatic heterocycles. The third-order valence-electron chi connectivity index (χ3n) is 5.74. The fraction of sp³-hybridized carbons (Fsp3) is 0.429. The number of thiazole rings is 1. The van der Waals surface area contributed by atoms with E-state index in [-0.39, 0.29) is 18.1 Å². The van der Waals surface area contributed by atoms with Crippen LogP contribution < -0.4 is 10.2 Å². The van der Waals surface area contributed by atoms with Gasteiger partial charge in [-0.1, -0.05) is 11.3 Å². The van der Waals surface area contributed by atoms with Crippen molar-refractivity contribution < 1.29 is 19.1 Å². The molecule has 0 saturated carbocycles. The van der Waals surface area contributed by atoms with E-state index in [1.165, 1.54) is 24.8 Å². The third kappa shape index (κ3) is 4.37. The van der Waals surface area contributed by atoms with Gasteiger partial charge in [-0.15, -0.1) is 0 Å². The van der Waals surface area contributed by atoms with Gasteiger partial charge in [-0.3, -0.25) is 4.79 Å². The van der Waals surface area contributed by atoms with E-state index in [2.05, 4.69) is 31.4 Å². The van der Waals surface area contributed by atoms with Gasteiger partial charge in [-0.25, -0.2) is 19.4 Å². The number of nitriles is 1. The summed E-state index contributed by atoms with van der Waals surface area (Å²) in [5, 5.41) is 16.8. The maximum atomic E-state index is 12.7. The number of ether oxygens (including phenoxy) is 2.